The number of aryl methyl sites for hydroxylation is 2. The molecule has 0 aliphatic heterocycles. The van der Waals surface area contributed by atoms with Gasteiger partial charge in [0.25, 0.3) is 0 Å². The van der Waals surface area contributed by atoms with E-state index in [0.29, 0.717) is 24.7 Å². The van der Waals surface area contributed by atoms with Crippen LogP contribution in [0.5, 0.6) is 5.75 Å². The molecule has 5 heteroatoms. The fourth-order valence-electron chi connectivity index (χ4n) is 2.09. The number of rotatable bonds is 6. The second kappa shape index (κ2) is 8.44. The van der Waals surface area contributed by atoms with E-state index in [1.165, 1.54) is 0 Å². The molecule has 0 heterocycles. The van der Waals surface area contributed by atoms with Gasteiger partial charge in [0, 0.05) is 11.6 Å². The van der Waals surface area contributed by atoms with Crippen molar-refractivity contribution in [1.82, 2.24) is 10.6 Å². The largest absolute Gasteiger partial charge is 0.492 e. The summed E-state index contributed by atoms with van der Waals surface area (Å²) in [5, 5.41) is 6.31. The van der Waals surface area contributed by atoms with Crippen molar-refractivity contribution in [2.45, 2.75) is 20.4 Å². The molecule has 0 saturated carbocycles. The number of carbonyl (C=O) groups is 1. The first kappa shape index (κ1) is 17.2. The normalized spacial score (nSPS) is 10.2. The monoisotopic (exact) mass is 332 g/mol. The van der Waals surface area contributed by atoms with Gasteiger partial charge >= 0.3 is 6.03 Å². The average molecular weight is 333 g/mol. The SMILES string of the molecule is Cc1cc(OCCNC(=O)NCc2ccccc2C)ccc1Cl. The van der Waals surface area contributed by atoms with Crippen molar-refractivity contribution < 1.29 is 9.53 Å². The highest BCUT2D eigenvalue weighted by atomic mass is 35.5. The van der Waals surface area contributed by atoms with Crippen LogP contribution in [0.15, 0.2) is 42.5 Å². The summed E-state index contributed by atoms with van der Waals surface area (Å²) in [5.41, 5.74) is 3.23. The second-order valence-corrected chi connectivity index (χ2v) is 5.70. The Morgan fingerprint density at radius 1 is 1.09 bits per heavy atom. The molecule has 2 aromatic carbocycles. The Kier molecular flexibility index (Phi) is 6.29. The van der Waals surface area contributed by atoms with Gasteiger partial charge in [-0.2, -0.15) is 0 Å². The van der Waals surface area contributed by atoms with Crippen LogP contribution in [0.2, 0.25) is 5.02 Å². The molecule has 0 aliphatic carbocycles. The van der Waals surface area contributed by atoms with Crippen molar-refractivity contribution in [3.63, 3.8) is 0 Å². The summed E-state index contributed by atoms with van der Waals surface area (Å²) in [6, 6.07) is 13.3. The Labute approximate surface area is 141 Å². The number of hydrogen-bond acceptors (Lipinski definition) is 2. The van der Waals surface area contributed by atoms with Gasteiger partial charge in [0.2, 0.25) is 0 Å². The molecule has 0 atom stereocenters. The van der Waals surface area contributed by atoms with Crippen LogP contribution in [0, 0.1) is 13.8 Å². The highest BCUT2D eigenvalue weighted by Gasteiger charge is 2.02. The average Bonchev–Trinajstić information content (AvgIpc) is 2.54. The lowest BCUT2D eigenvalue weighted by Crippen LogP contribution is -2.37. The van der Waals surface area contributed by atoms with Gasteiger partial charge in [-0.1, -0.05) is 35.9 Å². The van der Waals surface area contributed by atoms with Crippen LogP contribution in [0.4, 0.5) is 4.79 Å². The van der Waals surface area contributed by atoms with Gasteiger partial charge in [-0.15, -0.1) is 0 Å². The molecule has 23 heavy (non-hydrogen) atoms. The third kappa shape index (κ3) is 5.49. The first-order valence-electron chi connectivity index (χ1n) is 7.51. The summed E-state index contributed by atoms with van der Waals surface area (Å²) >= 11 is 5.96. The van der Waals surface area contributed by atoms with Crippen molar-refractivity contribution >= 4 is 17.6 Å². The molecule has 0 aromatic heterocycles. The molecule has 2 rings (SSSR count). The molecule has 122 valence electrons. The predicted molar refractivity (Wildman–Crippen MR) is 93.1 cm³/mol. The first-order chi connectivity index (χ1) is 11.1. The van der Waals surface area contributed by atoms with Gasteiger partial charge in [-0.25, -0.2) is 4.79 Å². The zero-order valence-corrected chi connectivity index (χ0v) is 14.1. The second-order valence-electron chi connectivity index (χ2n) is 5.30. The molecule has 2 aromatic rings. The Balaban J connectivity index is 1.67. The summed E-state index contributed by atoms with van der Waals surface area (Å²) in [6.07, 6.45) is 0. The standard InChI is InChI=1S/C18H21ClN2O2/c1-13-5-3-4-6-15(13)12-21-18(22)20-9-10-23-16-7-8-17(19)14(2)11-16/h3-8,11H,9-10,12H2,1-2H3,(H2,20,21,22). The molecule has 0 unspecified atom stereocenters. The fourth-order valence-corrected chi connectivity index (χ4v) is 2.20. The number of halogens is 1. The molecule has 0 aliphatic rings. The molecule has 0 saturated heterocycles. The minimum atomic E-state index is -0.205. The Morgan fingerprint density at radius 2 is 1.87 bits per heavy atom. The van der Waals surface area contributed by atoms with Gasteiger partial charge in [0.15, 0.2) is 0 Å². The quantitative estimate of drug-likeness (QED) is 0.790. The van der Waals surface area contributed by atoms with Crippen LogP contribution in [0.1, 0.15) is 16.7 Å². The lowest BCUT2D eigenvalue weighted by molar-refractivity contribution is 0.236. The van der Waals surface area contributed by atoms with Crippen LogP contribution in [0.3, 0.4) is 0 Å². The van der Waals surface area contributed by atoms with Gasteiger partial charge in [-0.3, -0.25) is 0 Å². The Hall–Kier alpha value is -2.20. The first-order valence-corrected chi connectivity index (χ1v) is 7.89. The van der Waals surface area contributed by atoms with Crippen LogP contribution >= 0.6 is 11.6 Å². The summed E-state index contributed by atoms with van der Waals surface area (Å²) < 4.78 is 5.57. The van der Waals surface area contributed by atoms with Crippen molar-refractivity contribution in [2.75, 3.05) is 13.2 Å². The number of nitrogens with one attached hydrogen (secondary N) is 2. The molecular weight excluding hydrogens is 312 g/mol. The van der Waals surface area contributed by atoms with Gasteiger partial charge in [-0.05, 0) is 48.7 Å². The van der Waals surface area contributed by atoms with Crippen molar-refractivity contribution in [3.8, 4) is 5.75 Å². The summed E-state index contributed by atoms with van der Waals surface area (Å²) in [5.74, 6) is 0.744. The number of carbonyl (C=O) groups excluding carboxylic acids is 1. The third-order valence-electron chi connectivity index (χ3n) is 3.49. The van der Waals surface area contributed by atoms with Crippen LogP contribution in [-0.4, -0.2) is 19.2 Å². The summed E-state index contributed by atoms with van der Waals surface area (Å²) in [6.45, 7) is 5.29. The highest BCUT2D eigenvalue weighted by molar-refractivity contribution is 6.31. The van der Waals surface area contributed by atoms with E-state index in [1.54, 1.807) is 6.07 Å². The number of urea groups is 1. The zero-order valence-electron chi connectivity index (χ0n) is 13.4. The maximum Gasteiger partial charge on any atom is 0.315 e. The van der Waals surface area contributed by atoms with Crippen molar-refractivity contribution in [2.24, 2.45) is 0 Å². The molecular formula is C18H21ClN2O2. The maximum atomic E-state index is 11.7. The lowest BCUT2D eigenvalue weighted by atomic mass is 10.1. The third-order valence-corrected chi connectivity index (χ3v) is 3.91. The van der Waals surface area contributed by atoms with Crippen molar-refractivity contribution in [3.05, 3.63) is 64.2 Å². The van der Waals surface area contributed by atoms with E-state index in [4.69, 9.17) is 16.3 Å². The number of hydrogen-bond donors (Lipinski definition) is 2. The Bertz CT molecular complexity index is 674. The molecule has 0 radical (unpaired) electrons. The van der Waals surface area contributed by atoms with Gasteiger partial charge < -0.3 is 15.4 Å². The molecule has 0 bridgehead atoms. The number of ether oxygens (including phenoxy) is 1. The molecule has 2 amide bonds. The van der Waals surface area contributed by atoms with Gasteiger partial charge in [0.1, 0.15) is 12.4 Å². The minimum Gasteiger partial charge on any atom is -0.492 e. The lowest BCUT2D eigenvalue weighted by Gasteiger charge is -2.11. The minimum absolute atomic E-state index is 0.205. The molecule has 0 spiro atoms. The molecule has 4 nitrogen and oxygen atoms in total. The van der Waals surface area contributed by atoms with E-state index < -0.39 is 0 Å². The summed E-state index contributed by atoms with van der Waals surface area (Å²) in [4.78, 5) is 11.7. The Morgan fingerprint density at radius 3 is 2.61 bits per heavy atom. The van der Waals surface area contributed by atoms with Crippen LogP contribution < -0.4 is 15.4 Å². The zero-order chi connectivity index (χ0) is 16.7. The summed E-state index contributed by atoms with van der Waals surface area (Å²) in [7, 11) is 0. The van der Waals surface area contributed by atoms with Crippen LogP contribution in [0.25, 0.3) is 0 Å². The molecule has 0 fully saturated rings. The molecule has 2 N–H and O–H groups in total. The van der Waals surface area contributed by atoms with E-state index in [1.807, 2.05) is 50.2 Å². The van der Waals surface area contributed by atoms with E-state index in [0.717, 1.165) is 22.4 Å². The fraction of sp³-hybridized carbons (Fsp3) is 0.278. The van der Waals surface area contributed by atoms with E-state index in [-0.39, 0.29) is 6.03 Å². The van der Waals surface area contributed by atoms with Gasteiger partial charge in [0.05, 0.1) is 6.54 Å². The maximum absolute atomic E-state index is 11.7. The van der Waals surface area contributed by atoms with E-state index in [9.17, 15) is 4.79 Å². The van der Waals surface area contributed by atoms with E-state index in [2.05, 4.69) is 10.6 Å². The van der Waals surface area contributed by atoms with Crippen LogP contribution in [-0.2, 0) is 6.54 Å². The van der Waals surface area contributed by atoms with Crippen molar-refractivity contribution in [1.29, 1.82) is 0 Å². The smallest absolute Gasteiger partial charge is 0.315 e. The number of amides is 2. The van der Waals surface area contributed by atoms with E-state index >= 15 is 0 Å². The topological polar surface area (TPSA) is 50.4 Å². The predicted octanol–water partition coefficient (Wildman–Crippen LogP) is 3.84. The number of benzene rings is 2. The highest BCUT2D eigenvalue weighted by Crippen LogP contribution is 2.20.